The lowest BCUT2D eigenvalue weighted by Gasteiger charge is -2.14. The van der Waals surface area contributed by atoms with Crippen LogP contribution in [0.25, 0.3) is 16.9 Å². The Kier molecular flexibility index (Phi) is 4.31. The molecule has 0 unspecified atom stereocenters. The minimum atomic E-state index is -0.775. The van der Waals surface area contributed by atoms with E-state index in [1.165, 1.54) is 42.9 Å². The third-order valence-corrected chi connectivity index (χ3v) is 3.78. The Bertz CT molecular complexity index is 1190. The Morgan fingerprint density at radius 1 is 1.11 bits per heavy atom. The Morgan fingerprint density at radius 2 is 1.78 bits per heavy atom. The third kappa shape index (κ3) is 2.83. The molecule has 0 aliphatic carbocycles. The van der Waals surface area contributed by atoms with Crippen molar-refractivity contribution in [2.24, 2.45) is 0 Å². The summed E-state index contributed by atoms with van der Waals surface area (Å²) in [5, 5.41) is 29.9. The molecule has 0 atom stereocenters. The highest BCUT2D eigenvalue weighted by molar-refractivity contribution is 5.81. The summed E-state index contributed by atoms with van der Waals surface area (Å²) in [5.74, 6) is -0.154. The van der Waals surface area contributed by atoms with E-state index in [2.05, 4.69) is 9.97 Å². The van der Waals surface area contributed by atoms with Crippen LogP contribution in [0.3, 0.4) is 0 Å². The topological polar surface area (TPSA) is 165 Å². The number of anilines is 1. The number of nitro groups is 1. The number of nitro benzene ring substituents is 1. The summed E-state index contributed by atoms with van der Waals surface area (Å²) in [4.78, 5) is 30.9. The Morgan fingerprint density at radius 3 is 2.30 bits per heavy atom. The maximum absolute atomic E-state index is 12.8. The average Bonchev–Trinajstić information content (AvgIpc) is 2.68. The van der Waals surface area contributed by atoms with Crippen molar-refractivity contribution in [1.82, 2.24) is 14.5 Å². The third-order valence-electron chi connectivity index (χ3n) is 3.78. The van der Waals surface area contributed by atoms with Crippen molar-refractivity contribution in [2.75, 3.05) is 5.73 Å². The van der Waals surface area contributed by atoms with Gasteiger partial charge in [-0.2, -0.15) is 10.5 Å². The number of pyridine rings is 1. The largest absolute Gasteiger partial charge is 0.384 e. The molecule has 0 saturated heterocycles. The van der Waals surface area contributed by atoms with E-state index >= 15 is 0 Å². The van der Waals surface area contributed by atoms with Gasteiger partial charge in [-0.05, 0) is 17.7 Å². The normalized spacial score (nSPS) is 10.0. The number of aromatic nitrogens is 3. The summed E-state index contributed by atoms with van der Waals surface area (Å²) in [7, 11) is 0. The number of nitrogens with zero attached hydrogens (tertiary/aromatic N) is 6. The lowest BCUT2D eigenvalue weighted by atomic mass is 9.96. The lowest BCUT2D eigenvalue weighted by molar-refractivity contribution is -0.384. The van der Waals surface area contributed by atoms with Gasteiger partial charge in [0.15, 0.2) is 5.82 Å². The number of non-ortho nitro benzene ring substituents is 1. The number of rotatable bonds is 3. The van der Waals surface area contributed by atoms with Crippen molar-refractivity contribution < 1.29 is 4.92 Å². The van der Waals surface area contributed by atoms with Gasteiger partial charge in [-0.15, -0.1) is 0 Å². The zero-order chi connectivity index (χ0) is 19.6. The lowest BCUT2D eigenvalue weighted by Crippen LogP contribution is -2.27. The average molecular weight is 359 g/mol. The first-order valence-corrected chi connectivity index (χ1v) is 7.39. The van der Waals surface area contributed by atoms with Gasteiger partial charge in [0.25, 0.3) is 11.2 Å². The van der Waals surface area contributed by atoms with Crippen molar-refractivity contribution in [1.29, 1.82) is 10.5 Å². The molecule has 0 spiro atoms. The molecule has 3 aromatic rings. The van der Waals surface area contributed by atoms with Gasteiger partial charge in [-0.3, -0.25) is 19.9 Å². The number of hydrogen-bond donors (Lipinski definition) is 1. The molecule has 130 valence electrons. The fourth-order valence-corrected chi connectivity index (χ4v) is 2.58. The van der Waals surface area contributed by atoms with E-state index in [4.69, 9.17) is 5.73 Å². The molecule has 0 aliphatic rings. The Hall–Kier alpha value is -4.57. The van der Waals surface area contributed by atoms with Gasteiger partial charge in [0.2, 0.25) is 0 Å². The van der Waals surface area contributed by atoms with Gasteiger partial charge >= 0.3 is 0 Å². The predicted molar refractivity (Wildman–Crippen MR) is 93.6 cm³/mol. The first kappa shape index (κ1) is 17.3. The van der Waals surface area contributed by atoms with E-state index in [1.54, 1.807) is 6.07 Å². The van der Waals surface area contributed by atoms with Crippen molar-refractivity contribution in [3.05, 3.63) is 74.5 Å². The first-order valence-electron chi connectivity index (χ1n) is 7.39. The Labute approximate surface area is 151 Å². The molecule has 0 saturated carbocycles. The minimum absolute atomic E-state index is 0.0116. The molecule has 0 amide bonds. The van der Waals surface area contributed by atoms with E-state index in [0.717, 1.165) is 4.57 Å². The molecule has 10 nitrogen and oxygen atoms in total. The molecule has 0 radical (unpaired) electrons. The summed E-state index contributed by atoms with van der Waals surface area (Å²) in [5.41, 5.74) is 4.92. The van der Waals surface area contributed by atoms with Crippen molar-refractivity contribution in [2.45, 2.75) is 0 Å². The summed E-state index contributed by atoms with van der Waals surface area (Å²) >= 11 is 0. The molecule has 10 heteroatoms. The van der Waals surface area contributed by atoms with Crippen molar-refractivity contribution >= 4 is 11.5 Å². The highest BCUT2D eigenvalue weighted by Crippen LogP contribution is 2.31. The van der Waals surface area contributed by atoms with Gasteiger partial charge in [-0.1, -0.05) is 0 Å². The van der Waals surface area contributed by atoms with Crippen LogP contribution >= 0.6 is 0 Å². The van der Waals surface area contributed by atoms with Crippen LogP contribution in [0.4, 0.5) is 11.5 Å². The summed E-state index contributed by atoms with van der Waals surface area (Å²) < 4.78 is 0.930. The zero-order valence-corrected chi connectivity index (χ0v) is 13.5. The van der Waals surface area contributed by atoms with E-state index in [1.807, 2.05) is 6.07 Å². The summed E-state index contributed by atoms with van der Waals surface area (Å²) in [6.45, 7) is 0. The molecule has 1 aromatic carbocycles. The number of nitrogens with two attached hydrogens (primary N) is 1. The van der Waals surface area contributed by atoms with Crippen LogP contribution in [0.5, 0.6) is 0 Å². The second kappa shape index (κ2) is 6.74. The fourth-order valence-electron chi connectivity index (χ4n) is 2.58. The molecule has 2 N–H and O–H groups in total. The van der Waals surface area contributed by atoms with E-state index in [0.29, 0.717) is 0 Å². The van der Waals surface area contributed by atoms with Crippen molar-refractivity contribution in [3.8, 4) is 29.1 Å². The number of nitriles is 2. The summed E-state index contributed by atoms with van der Waals surface area (Å²) in [6.07, 6.45) is 4.00. The first-order chi connectivity index (χ1) is 13.0. The molecule has 3 rings (SSSR count). The van der Waals surface area contributed by atoms with Crippen LogP contribution in [0, 0.1) is 32.8 Å². The monoisotopic (exact) mass is 359 g/mol. The highest BCUT2D eigenvalue weighted by atomic mass is 16.6. The van der Waals surface area contributed by atoms with E-state index in [-0.39, 0.29) is 39.6 Å². The second-order valence-electron chi connectivity index (χ2n) is 5.24. The molecule has 2 aromatic heterocycles. The minimum Gasteiger partial charge on any atom is -0.384 e. The van der Waals surface area contributed by atoms with Crippen molar-refractivity contribution in [3.63, 3.8) is 0 Å². The number of benzene rings is 1. The molecule has 2 heterocycles. The maximum atomic E-state index is 12.8. The molecule has 0 bridgehead atoms. The molecular weight excluding hydrogens is 350 g/mol. The standard InChI is InChI=1S/C17H9N7O3/c18-7-12-15(10-1-3-11(4-2-10)24(26)27)13(8-19)17(25)23(16(12)20)14-9-21-5-6-22-14/h1-6,9H,20H2. The zero-order valence-electron chi connectivity index (χ0n) is 13.5. The highest BCUT2D eigenvalue weighted by Gasteiger charge is 2.23. The van der Waals surface area contributed by atoms with Crippen LogP contribution in [0.2, 0.25) is 0 Å². The molecule has 27 heavy (non-hydrogen) atoms. The fraction of sp³-hybridized carbons (Fsp3) is 0. The van der Waals surface area contributed by atoms with E-state index in [9.17, 15) is 25.4 Å². The van der Waals surface area contributed by atoms with Gasteiger partial charge in [0.1, 0.15) is 29.1 Å². The van der Waals surface area contributed by atoms with Crippen LogP contribution in [-0.2, 0) is 0 Å². The van der Waals surface area contributed by atoms with Crippen LogP contribution < -0.4 is 11.3 Å². The number of nitrogen functional groups attached to an aromatic ring is 1. The SMILES string of the molecule is N#Cc1c(-c2ccc([N+](=O)[O-])cc2)c(C#N)c(=O)n(-c2cnccn2)c1N. The van der Waals surface area contributed by atoms with Crippen LogP contribution in [0.1, 0.15) is 11.1 Å². The van der Waals surface area contributed by atoms with Gasteiger partial charge in [0.05, 0.1) is 11.1 Å². The molecule has 0 fully saturated rings. The van der Waals surface area contributed by atoms with Gasteiger partial charge < -0.3 is 5.73 Å². The predicted octanol–water partition coefficient (Wildman–Crippen LogP) is 1.53. The molecular formula is C17H9N7O3. The van der Waals surface area contributed by atoms with E-state index < -0.39 is 10.5 Å². The second-order valence-corrected chi connectivity index (χ2v) is 5.24. The van der Waals surface area contributed by atoms with Gasteiger partial charge in [-0.25, -0.2) is 9.55 Å². The van der Waals surface area contributed by atoms with Crippen LogP contribution in [0.15, 0.2) is 47.7 Å². The molecule has 0 aliphatic heterocycles. The van der Waals surface area contributed by atoms with Crippen LogP contribution in [-0.4, -0.2) is 19.5 Å². The van der Waals surface area contributed by atoms with Gasteiger partial charge in [0, 0.05) is 30.1 Å². The quantitative estimate of drug-likeness (QED) is 0.543. The summed E-state index contributed by atoms with van der Waals surface area (Å²) in [6, 6.07) is 8.80. The Balaban J connectivity index is 2.37. The maximum Gasteiger partial charge on any atom is 0.276 e. The smallest absolute Gasteiger partial charge is 0.276 e. The number of hydrogen-bond acceptors (Lipinski definition) is 8.